The molecule has 0 unspecified atom stereocenters. The van der Waals surface area contributed by atoms with Crippen LogP contribution < -0.4 is 5.32 Å². The first-order chi connectivity index (χ1) is 8.17. The van der Waals surface area contributed by atoms with E-state index in [2.05, 4.69) is 42.6 Å². The maximum atomic E-state index is 4.14. The largest absolute Gasteiger partial charge is 0.313 e. The smallest absolute Gasteiger partial charge is 0.0202 e. The lowest BCUT2D eigenvalue weighted by Gasteiger charge is -2.36. The van der Waals surface area contributed by atoms with Gasteiger partial charge in [-0.05, 0) is 51.6 Å². The molecule has 1 fully saturated rings. The summed E-state index contributed by atoms with van der Waals surface area (Å²) in [6.07, 6.45) is 2.61. The van der Waals surface area contributed by atoms with Crippen LogP contribution in [0.1, 0.15) is 26.7 Å². The van der Waals surface area contributed by atoms with Crippen molar-refractivity contribution in [3.63, 3.8) is 0 Å². The maximum Gasteiger partial charge on any atom is 0.0202 e. The highest BCUT2D eigenvalue weighted by molar-refractivity contribution is 5.00. The minimum atomic E-state index is 0.746. The number of hydrogen-bond acceptors (Lipinski definition) is 3. The van der Waals surface area contributed by atoms with Crippen LogP contribution in [-0.4, -0.2) is 62.2 Å². The van der Waals surface area contributed by atoms with Gasteiger partial charge in [0, 0.05) is 19.1 Å². The second kappa shape index (κ2) is 7.85. The predicted octanol–water partition coefficient (Wildman–Crippen LogP) is 1.57. The lowest BCUT2D eigenvalue weighted by Crippen LogP contribution is -2.44. The quantitative estimate of drug-likeness (QED) is 0.680. The van der Waals surface area contributed by atoms with E-state index in [-0.39, 0.29) is 0 Å². The molecule has 1 aliphatic heterocycles. The van der Waals surface area contributed by atoms with Crippen LogP contribution in [0.4, 0.5) is 0 Å². The van der Waals surface area contributed by atoms with E-state index >= 15 is 0 Å². The van der Waals surface area contributed by atoms with Crippen LogP contribution in [0.2, 0.25) is 0 Å². The molecule has 0 aromatic carbocycles. The van der Waals surface area contributed by atoms with Gasteiger partial charge in [-0.3, -0.25) is 4.90 Å². The number of rotatable bonds is 7. The minimum Gasteiger partial charge on any atom is -0.313 e. The summed E-state index contributed by atoms with van der Waals surface area (Å²) in [7, 11) is 2.24. The van der Waals surface area contributed by atoms with Gasteiger partial charge >= 0.3 is 0 Å². The first kappa shape index (κ1) is 14.7. The summed E-state index contributed by atoms with van der Waals surface area (Å²) in [6.45, 7) is 15.3. The number of nitrogens with one attached hydrogen (secondary N) is 1. The first-order valence-corrected chi connectivity index (χ1v) is 6.97. The summed E-state index contributed by atoms with van der Waals surface area (Å²) in [5.74, 6) is 0. The SMILES string of the molecule is C=C(CNCC)CN(C)C1CCN(CC)CC1. The molecule has 0 saturated carbocycles. The number of likely N-dealkylation sites (tertiary alicyclic amines) is 1. The van der Waals surface area contributed by atoms with Crippen LogP contribution in [0.3, 0.4) is 0 Å². The molecule has 0 aromatic rings. The van der Waals surface area contributed by atoms with Crippen molar-refractivity contribution in [1.29, 1.82) is 0 Å². The maximum absolute atomic E-state index is 4.14. The van der Waals surface area contributed by atoms with Crippen LogP contribution in [0.15, 0.2) is 12.2 Å². The van der Waals surface area contributed by atoms with Gasteiger partial charge in [0.2, 0.25) is 0 Å². The van der Waals surface area contributed by atoms with Gasteiger partial charge in [0.25, 0.3) is 0 Å². The van der Waals surface area contributed by atoms with Crippen molar-refractivity contribution in [3.05, 3.63) is 12.2 Å². The summed E-state index contributed by atoms with van der Waals surface area (Å²) in [6, 6.07) is 0.746. The highest BCUT2D eigenvalue weighted by Gasteiger charge is 2.21. The van der Waals surface area contributed by atoms with Crippen molar-refractivity contribution in [2.75, 3.05) is 46.3 Å². The summed E-state index contributed by atoms with van der Waals surface area (Å²) >= 11 is 0. The molecular formula is C14H29N3. The van der Waals surface area contributed by atoms with Gasteiger partial charge < -0.3 is 10.2 Å². The summed E-state index contributed by atoms with van der Waals surface area (Å²) < 4.78 is 0. The van der Waals surface area contributed by atoms with Crippen LogP contribution in [0.5, 0.6) is 0 Å². The average Bonchev–Trinajstić information content (AvgIpc) is 2.36. The fourth-order valence-electron chi connectivity index (χ4n) is 2.52. The number of hydrogen-bond donors (Lipinski definition) is 1. The molecular weight excluding hydrogens is 210 g/mol. The van der Waals surface area contributed by atoms with Crippen molar-refractivity contribution >= 4 is 0 Å². The molecule has 1 aliphatic rings. The molecule has 0 radical (unpaired) electrons. The molecule has 0 aromatic heterocycles. The van der Waals surface area contributed by atoms with Crippen molar-refractivity contribution in [2.45, 2.75) is 32.7 Å². The molecule has 1 saturated heterocycles. The molecule has 0 atom stereocenters. The lowest BCUT2D eigenvalue weighted by molar-refractivity contribution is 0.138. The normalized spacial score (nSPS) is 18.8. The Morgan fingerprint density at radius 3 is 2.53 bits per heavy atom. The van der Waals surface area contributed by atoms with Gasteiger partial charge in [-0.1, -0.05) is 20.4 Å². The summed E-state index contributed by atoms with van der Waals surface area (Å²) in [4.78, 5) is 5.02. The van der Waals surface area contributed by atoms with Gasteiger partial charge in [0.15, 0.2) is 0 Å². The fourth-order valence-corrected chi connectivity index (χ4v) is 2.52. The monoisotopic (exact) mass is 239 g/mol. The lowest BCUT2D eigenvalue weighted by atomic mass is 10.0. The molecule has 17 heavy (non-hydrogen) atoms. The van der Waals surface area contributed by atoms with E-state index in [4.69, 9.17) is 0 Å². The Bertz CT molecular complexity index is 220. The van der Waals surface area contributed by atoms with E-state index in [9.17, 15) is 0 Å². The van der Waals surface area contributed by atoms with Gasteiger partial charge in [-0.2, -0.15) is 0 Å². The highest BCUT2D eigenvalue weighted by atomic mass is 15.2. The van der Waals surface area contributed by atoms with Crippen molar-refractivity contribution in [1.82, 2.24) is 15.1 Å². The molecule has 0 spiro atoms. The Hall–Kier alpha value is -0.380. The first-order valence-electron chi connectivity index (χ1n) is 6.97. The Kier molecular flexibility index (Phi) is 6.78. The second-order valence-electron chi connectivity index (χ2n) is 5.11. The second-order valence-corrected chi connectivity index (χ2v) is 5.11. The van der Waals surface area contributed by atoms with E-state index in [1.54, 1.807) is 0 Å². The topological polar surface area (TPSA) is 18.5 Å². The third-order valence-corrected chi connectivity index (χ3v) is 3.73. The number of likely N-dealkylation sites (N-methyl/N-ethyl adjacent to an activating group) is 2. The zero-order chi connectivity index (χ0) is 12.7. The van der Waals surface area contributed by atoms with Gasteiger partial charge in [0.05, 0.1) is 0 Å². The molecule has 1 heterocycles. The van der Waals surface area contributed by atoms with E-state index in [1.807, 2.05) is 0 Å². The number of nitrogens with zero attached hydrogens (tertiary/aromatic N) is 2. The molecule has 0 aliphatic carbocycles. The summed E-state index contributed by atoms with van der Waals surface area (Å²) in [5.41, 5.74) is 1.30. The Morgan fingerprint density at radius 2 is 2.00 bits per heavy atom. The molecule has 3 heteroatoms. The van der Waals surface area contributed by atoms with Gasteiger partial charge in [0.1, 0.15) is 0 Å². The van der Waals surface area contributed by atoms with Crippen molar-refractivity contribution in [2.24, 2.45) is 0 Å². The van der Waals surface area contributed by atoms with Gasteiger partial charge in [-0.15, -0.1) is 0 Å². The third-order valence-electron chi connectivity index (χ3n) is 3.73. The Labute approximate surface area is 107 Å². The van der Waals surface area contributed by atoms with Crippen LogP contribution >= 0.6 is 0 Å². The Morgan fingerprint density at radius 1 is 1.35 bits per heavy atom. The van der Waals surface area contributed by atoms with E-state index in [0.29, 0.717) is 0 Å². The number of piperidine rings is 1. The zero-order valence-corrected chi connectivity index (χ0v) is 11.8. The zero-order valence-electron chi connectivity index (χ0n) is 11.8. The van der Waals surface area contributed by atoms with Crippen molar-refractivity contribution in [3.8, 4) is 0 Å². The van der Waals surface area contributed by atoms with E-state index < -0.39 is 0 Å². The van der Waals surface area contributed by atoms with Crippen LogP contribution in [-0.2, 0) is 0 Å². The standard InChI is InChI=1S/C14H29N3/c1-5-15-11-13(3)12-16(4)14-7-9-17(6-2)10-8-14/h14-15H,3,5-12H2,1-2,4H3. The molecule has 100 valence electrons. The van der Waals surface area contributed by atoms with Crippen molar-refractivity contribution < 1.29 is 0 Å². The molecule has 3 nitrogen and oxygen atoms in total. The molecule has 0 bridgehead atoms. The van der Waals surface area contributed by atoms with Crippen LogP contribution in [0.25, 0.3) is 0 Å². The minimum absolute atomic E-state index is 0.746. The molecule has 0 amide bonds. The van der Waals surface area contributed by atoms with E-state index in [0.717, 1.165) is 25.7 Å². The summed E-state index contributed by atoms with van der Waals surface area (Å²) in [5, 5.41) is 3.34. The Balaban J connectivity index is 2.24. The third kappa shape index (κ3) is 5.19. The fraction of sp³-hybridized carbons (Fsp3) is 0.857. The van der Waals surface area contributed by atoms with E-state index in [1.165, 1.54) is 38.0 Å². The molecule has 1 rings (SSSR count). The predicted molar refractivity (Wildman–Crippen MR) is 75.4 cm³/mol. The average molecular weight is 239 g/mol. The molecule has 1 N–H and O–H groups in total. The van der Waals surface area contributed by atoms with Gasteiger partial charge in [-0.25, -0.2) is 0 Å². The van der Waals surface area contributed by atoms with Crippen LogP contribution in [0, 0.1) is 0 Å². The highest BCUT2D eigenvalue weighted by Crippen LogP contribution is 2.15.